The fourth-order valence-corrected chi connectivity index (χ4v) is 4.69. The first kappa shape index (κ1) is 18.7. The fraction of sp³-hybridized carbons (Fsp3) is 0.900. The second-order valence-corrected chi connectivity index (χ2v) is 8.14. The van der Waals surface area contributed by atoms with Gasteiger partial charge in [0, 0.05) is 25.0 Å². The van der Waals surface area contributed by atoms with E-state index in [4.69, 9.17) is 0 Å². The Morgan fingerprint density at radius 2 is 1.44 bits per heavy atom. The van der Waals surface area contributed by atoms with Crippen LogP contribution >= 0.6 is 0 Å². The lowest BCUT2D eigenvalue weighted by Crippen LogP contribution is -2.53. The summed E-state index contributed by atoms with van der Waals surface area (Å²) in [5, 5.41) is 3.18. The van der Waals surface area contributed by atoms with Gasteiger partial charge in [0.2, 0.25) is 5.91 Å². The number of nitrogens with one attached hydrogen (secondary N) is 1. The number of carbonyl (C=O) groups is 2. The molecule has 2 saturated carbocycles. The van der Waals surface area contributed by atoms with Gasteiger partial charge in [-0.15, -0.1) is 0 Å². The first-order chi connectivity index (χ1) is 12.2. The fourth-order valence-electron chi connectivity index (χ4n) is 4.69. The summed E-state index contributed by atoms with van der Waals surface area (Å²) in [5.74, 6) is 0.0344. The predicted octanol–water partition coefficient (Wildman–Crippen LogP) is 3.68. The Balaban J connectivity index is 1.58. The van der Waals surface area contributed by atoms with Crippen LogP contribution in [0.2, 0.25) is 0 Å². The Hall–Kier alpha value is -1.10. The van der Waals surface area contributed by atoms with Gasteiger partial charge >= 0.3 is 6.03 Å². The van der Waals surface area contributed by atoms with Gasteiger partial charge in [0.25, 0.3) is 0 Å². The van der Waals surface area contributed by atoms with E-state index in [9.17, 15) is 9.59 Å². The third-order valence-electron chi connectivity index (χ3n) is 6.20. The number of imide groups is 1. The van der Waals surface area contributed by atoms with Crippen LogP contribution in [0.15, 0.2) is 0 Å². The average molecular weight is 350 g/mol. The molecule has 0 bridgehead atoms. The standard InChI is InChI=1S/C20H35N3O2/c24-19(13-16-22-14-7-8-15-22)23(18-11-5-2-6-12-18)20(25)21-17-9-3-1-4-10-17/h17-18H,1-16H2,(H,21,25). The molecule has 1 N–H and O–H groups in total. The summed E-state index contributed by atoms with van der Waals surface area (Å²) in [7, 11) is 0. The summed E-state index contributed by atoms with van der Waals surface area (Å²) in [6.45, 7) is 3.01. The van der Waals surface area contributed by atoms with Crippen molar-refractivity contribution in [2.45, 2.75) is 95.6 Å². The summed E-state index contributed by atoms with van der Waals surface area (Å²) < 4.78 is 0. The molecule has 0 aromatic rings. The lowest BCUT2D eigenvalue weighted by atomic mass is 9.93. The highest BCUT2D eigenvalue weighted by atomic mass is 16.2. The van der Waals surface area contributed by atoms with E-state index in [2.05, 4.69) is 10.2 Å². The van der Waals surface area contributed by atoms with Crippen LogP contribution in [0.25, 0.3) is 0 Å². The predicted molar refractivity (Wildman–Crippen MR) is 99.4 cm³/mol. The highest BCUT2D eigenvalue weighted by Gasteiger charge is 2.32. The molecule has 0 spiro atoms. The molecule has 5 heteroatoms. The van der Waals surface area contributed by atoms with Crippen molar-refractivity contribution in [3.05, 3.63) is 0 Å². The van der Waals surface area contributed by atoms with Crippen molar-refractivity contribution in [2.24, 2.45) is 0 Å². The molecular formula is C20H35N3O2. The largest absolute Gasteiger partial charge is 0.335 e. The maximum Gasteiger partial charge on any atom is 0.324 e. The zero-order valence-corrected chi connectivity index (χ0v) is 15.7. The maximum absolute atomic E-state index is 12.9. The summed E-state index contributed by atoms with van der Waals surface area (Å²) in [6, 6.07) is 0.257. The van der Waals surface area contributed by atoms with Gasteiger partial charge in [-0.25, -0.2) is 4.79 Å². The van der Waals surface area contributed by atoms with Crippen molar-refractivity contribution < 1.29 is 9.59 Å². The summed E-state index contributed by atoms with van der Waals surface area (Å²) >= 11 is 0. The first-order valence-corrected chi connectivity index (χ1v) is 10.6. The number of likely N-dealkylation sites (tertiary alicyclic amines) is 1. The Morgan fingerprint density at radius 1 is 0.840 bits per heavy atom. The molecule has 142 valence electrons. The molecule has 3 fully saturated rings. The summed E-state index contributed by atoms with van der Waals surface area (Å²) in [4.78, 5) is 29.8. The lowest BCUT2D eigenvalue weighted by Gasteiger charge is -2.35. The normalized spacial score (nSPS) is 23.5. The van der Waals surface area contributed by atoms with Gasteiger partial charge in [-0.05, 0) is 51.6 Å². The quantitative estimate of drug-likeness (QED) is 0.824. The third kappa shape index (κ3) is 5.44. The molecule has 0 aromatic carbocycles. The molecule has 0 unspecified atom stereocenters. The second kappa shape index (κ2) is 9.56. The van der Waals surface area contributed by atoms with E-state index in [0.29, 0.717) is 6.42 Å². The molecule has 1 heterocycles. The highest BCUT2D eigenvalue weighted by Crippen LogP contribution is 2.24. The number of urea groups is 1. The van der Waals surface area contributed by atoms with E-state index in [1.54, 1.807) is 4.90 Å². The molecule has 2 aliphatic carbocycles. The minimum Gasteiger partial charge on any atom is -0.335 e. The van der Waals surface area contributed by atoms with Crippen LogP contribution in [-0.4, -0.2) is 53.5 Å². The number of carbonyl (C=O) groups excluding carboxylic acids is 2. The van der Waals surface area contributed by atoms with E-state index in [1.165, 1.54) is 38.5 Å². The van der Waals surface area contributed by atoms with Crippen molar-refractivity contribution in [3.8, 4) is 0 Å². The smallest absolute Gasteiger partial charge is 0.324 e. The number of amides is 3. The monoisotopic (exact) mass is 349 g/mol. The van der Waals surface area contributed by atoms with Crippen molar-refractivity contribution >= 4 is 11.9 Å². The molecule has 1 aliphatic heterocycles. The highest BCUT2D eigenvalue weighted by molar-refractivity contribution is 5.95. The van der Waals surface area contributed by atoms with Crippen molar-refractivity contribution in [1.29, 1.82) is 0 Å². The molecule has 0 aromatic heterocycles. The van der Waals surface area contributed by atoms with E-state index in [0.717, 1.165) is 58.2 Å². The topological polar surface area (TPSA) is 52.7 Å². The van der Waals surface area contributed by atoms with Crippen LogP contribution < -0.4 is 5.32 Å². The molecule has 3 amide bonds. The van der Waals surface area contributed by atoms with Gasteiger partial charge < -0.3 is 10.2 Å². The van der Waals surface area contributed by atoms with Gasteiger partial charge in [0.05, 0.1) is 0 Å². The van der Waals surface area contributed by atoms with Gasteiger partial charge in [-0.1, -0.05) is 38.5 Å². The first-order valence-electron chi connectivity index (χ1n) is 10.6. The lowest BCUT2D eigenvalue weighted by molar-refractivity contribution is -0.131. The van der Waals surface area contributed by atoms with Crippen molar-refractivity contribution in [2.75, 3.05) is 19.6 Å². The van der Waals surface area contributed by atoms with Crippen LogP contribution in [0.5, 0.6) is 0 Å². The van der Waals surface area contributed by atoms with Crippen LogP contribution in [0.3, 0.4) is 0 Å². The number of nitrogens with zero attached hydrogens (tertiary/aromatic N) is 2. The van der Waals surface area contributed by atoms with Gasteiger partial charge in [0.15, 0.2) is 0 Å². The van der Waals surface area contributed by atoms with Gasteiger partial charge in [-0.3, -0.25) is 9.69 Å². The zero-order valence-electron chi connectivity index (χ0n) is 15.7. The van der Waals surface area contributed by atoms with Crippen LogP contribution in [-0.2, 0) is 4.79 Å². The molecule has 0 atom stereocenters. The minimum atomic E-state index is -0.120. The third-order valence-corrected chi connectivity index (χ3v) is 6.20. The molecule has 25 heavy (non-hydrogen) atoms. The Bertz CT molecular complexity index is 436. The Kier molecular flexibility index (Phi) is 7.14. The van der Waals surface area contributed by atoms with Crippen LogP contribution in [0.1, 0.15) is 83.5 Å². The number of rotatable bonds is 5. The van der Waals surface area contributed by atoms with Crippen molar-refractivity contribution in [1.82, 2.24) is 15.1 Å². The Morgan fingerprint density at radius 3 is 2.08 bits per heavy atom. The Labute approximate surface area is 152 Å². The summed E-state index contributed by atoms with van der Waals surface area (Å²) in [6.07, 6.45) is 14.2. The number of hydrogen-bond acceptors (Lipinski definition) is 3. The van der Waals surface area contributed by atoms with Gasteiger partial charge in [0.1, 0.15) is 0 Å². The molecular weight excluding hydrogens is 314 g/mol. The average Bonchev–Trinajstić information content (AvgIpc) is 3.15. The minimum absolute atomic E-state index is 0.0344. The molecule has 5 nitrogen and oxygen atoms in total. The molecule has 1 saturated heterocycles. The number of hydrogen-bond donors (Lipinski definition) is 1. The van der Waals surface area contributed by atoms with Crippen LogP contribution in [0, 0.1) is 0 Å². The molecule has 0 radical (unpaired) electrons. The molecule has 3 aliphatic rings. The molecule has 3 rings (SSSR count). The zero-order chi connectivity index (χ0) is 17.5. The van der Waals surface area contributed by atoms with E-state index >= 15 is 0 Å². The SMILES string of the molecule is O=C(CCN1CCCC1)N(C(=O)NC1CCCCC1)C1CCCCC1. The maximum atomic E-state index is 12.9. The van der Waals surface area contributed by atoms with Crippen LogP contribution in [0.4, 0.5) is 4.79 Å². The summed E-state index contributed by atoms with van der Waals surface area (Å²) in [5.41, 5.74) is 0. The van der Waals surface area contributed by atoms with Crippen molar-refractivity contribution in [3.63, 3.8) is 0 Å². The van der Waals surface area contributed by atoms with E-state index in [-0.39, 0.29) is 24.0 Å². The van der Waals surface area contributed by atoms with E-state index < -0.39 is 0 Å². The second-order valence-electron chi connectivity index (χ2n) is 8.14. The van der Waals surface area contributed by atoms with Gasteiger partial charge in [-0.2, -0.15) is 0 Å². The van der Waals surface area contributed by atoms with E-state index in [1.807, 2.05) is 0 Å².